The maximum Gasteiger partial charge on any atom is 0.0158 e. The van der Waals surface area contributed by atoms with Gasteiger partial charge in [0.25, 0.3) is 0 Å². The lowest BCUT2D eigenvalue weighted by molar-refractivity contribution is 0.660. The van der Waals surface area contributed by atoms with E-state index in [4.69, 9.17) is 0 Å². The lowest BCUT2D eigenvalue weighted by Gasteiger charge is -2.22. The topological polar surface area (TPSA) is 0 Å². The molecule has 0 unspecified atom stereocenters. The number of fused-ring (bicyclic) bond motifs is 9. The summed E-state index contributed by atoms with van der Waals surface area (Å²) >= 11 is 0. The standard InChI is InChI=1S/C53H36/c1-53(2)49-22-12-11-19-42(49)46-32-38(26-28-50(46)53)51-43-20-9-10-21-44(43)52(47-31-37-15-5-6-16-39(37)40-17-7-8-18-41(40)47)45-27-25-36(30-48(45)51)35-24-23-33-13-3-4-14-34(33)29-35/h3-32H,1-2H3. The van der Waals surface area contributed by atoms with E-state index in [1.54, 1.807) is 0 Å². The average molecular weight is 673 g/mol. The maximum atomic E-state index is 2.47. The molecule has 53 heavy (non-hydrogen) atoms. The molecule has 0 aromatic heterocycles. The van der Waals surface area contributed by atoms with Crippen LogP contribution in [0.5, 0.6) is 0 Å². The van der Waals surface area contributed by atoms with Gasteiger partial charge < -0.3 is 0 Å². The molecule has 1 aliphatic carbocycles. The molecule has 0 saturated heterocycles. The van der Waals surface area contributed by atoms with Gasteiger partial charge in [-0.1, -0.05) is 172 Å². The van der Waals surface area contributed by atoms with Crippen molar-refractivity contribution in [3.63, 3.8) is 0 Å². The molecule has 0 saturated carbocycles. The molecule has 0 N–H and O–H groups in total. The Morgan fingerprint density at radius 1 is 0.283 bits per heavy atom. The fourth-order valence-corrected chi connectivity index (χ4v) is 9.46. The summed E-state index contributed by atoms with van der Waals surface area (Å²) in [6.45, 7) is 4.72. The lowest BCUT2D eigenvalue weighted by atomic mass is 9.81. The molecular formula is C53H36. The van der Waals surface area contributed by atoms with Crippen LogP contribution >= 0.6 is 0 Å². The molecule has 0 amide bonds. The van der Waals surface area contributed by atoms with Gasteiger partial charge in [0, 0.05) is 5.41 Å². The first-order chi connectivity index (χ1) is 26.0. The quantitative estimate of drug-likeness (QED) is 0.129. The Bertz CT molecular complexity index is 3140. The lowest BCUT2D eigenvalue weighted by Crippen LogP contribution is -2.14. The van der Waals surface area contributed by atoms with E-state index in [0.29, 0.717) is 0 Å². The summed E-state index contributed by atoms with van der Waals surface area (Å²) in [7, 11) is 0. The fraction of sp³-hybridized carbons (Fsp3) is 0.0566. The normalized spacial score (nSPS) is 13.2. The van der Waals surface area contributed by atoms with Gasteiger partial charge in [0.1, 0.15) is 0 Å². The predicted molar refractivity (Wildman–Crippen MR) is 228 cm³/mol. The van der Waals surface area contributed by atoms with Crippen LogP contribution in [0.25, 0.3) is 98.4 Å². The molecule has 10 aromatic carbocycles. The van der Waals surface area contributed by atoms with Gasteiger partial charge in [-0.2, -0.15) is 0 Å². The van der Waals surface area contributed by atoms with E-state index in [9.17, 15) is 0 Å². The van der Waals surface area contributed by atoms with Gasteiger partial charge in [0.05, 0.1) is 0 Å². The Morgan fingerprint density at radius 2 is 0.849 bits per heavy atom. The Kier molecular flexibility index (Phi) is 6.40. The second-order valence-corrected chi connectivity index (χ2v) is 15.2. The molecule has 0 spiro atoms. The minimum Gasteiger partial charge on any atom is -0.0619 e. The Balaban J connectivity index is 1.27. The van der Waals surface area contributed by atoms with E-state index in [1.165, 1.54) is 109 Å². The van der Waals surface area contributed by atoms with Crippen LogP contribution in [0.4, 0.5) is 0 Å². The highest BCUT2D eigenvalue weighted by molar-refractivity contribution is 6.26. The van der Waals surface area contributed by atoms with Crippen LogP contribution in [0, 0.1) is 0 Å². The molecule has 0 bridgehead atoms. The molecule has 0 heteroatoms. The number of hydrogen-bond donors (Lipinski definition) is 0. The van der Waals surface area contributed by atoms with Gasteiger partial charge in [-0.25, -0.2) is 0 Å². The average Bonchev–Trinajstić information content (AvgIpc) is 3.44. The first-order valence-corrected chi connectivity index (χ1v) is 18.7. The smallest absolute Gasteiger partial charge is 0.0158 e. The van der Waals surface area contributed by atoms with Crippen molar-refractivity contribution in [1.82, 2.24) is 0 Å². The van der Waals surface area contributed by atoms with Crippen LogP contribution in [0.2, 0.25) is 0 Å². The van der Waals surface area contributed by atoms with Crippen molar-refractivity contribution in [1.29, 1.82) is 0 Å². The van der Waals surface area contributed by atoms with Gasteiger partial charge in [-0.3, -0.25) is 0 Å². The second kappa shape index (κ2) is 11.2. The van der Waals surface area contributed by atoms with Crippen LogP contribution in [0.1, 0.15) is 25.0 Å². The molecule has 0 fully saturated rings. The van der Waals surface area contributed by atoms with Gasteiger partial charge in [-0.05, 0) is 134 Å². The zero-order chi connectivity index (χ0) is 35.3. The Hall–Kier alpha value is -6.50. The molecule has 0 heterocycles. The van der Waals surface area contributed by atoms with Crippen molar-refractivity contribution in [2.24, 2.45) is 0 Å². The van der Waals surface area contributed by atoms with Crippen LogP contribution in [-0.4, -0.2) is 0 Å². The van der Waals surface area contributed by atoms with Crippen molar-refractivity contribution in [3.8, 4) is 44.5 Å². The highest BCUT2D eigenvalue weighted by Gasteiger charge is 2.35. The van der Waals surface area contributed by atoms with Gasteiger partial charge >= 0.3 is 0 Å². The third kappa shape index (κ3) is 4.42. The molecule has 0 nitrogen and oxygen atoms in total. The molecular weight excluding hydrogens is 637 g/mol. The third-order valence-corrected chi connectivity index (χ3v) is 12.0. The first kappa shape index (κ1) is 30.2. The largest absolute Gasteiger partial charge is 0.0619 e. The SMILES string of the molecule is CC1(C)c2ccccc2-c2cc(-c3c4ccccc4c(-c4cc5ccccc5c5ccccc45)c4ccc(-c5ccc6ccccc6c5)cc34)ccc21. The molecule has 0 radical (unpaired) electrons. The van der Waals surface area contributed by atoms with E-state index in [0.717, 1.165) is 0 Å². The van der Waals surface area contributed by atoms with Crippen molar-refractivity contribution < 1.29 is 0 Å². The molecule has 11 rings (SSSR count). The van der Waals surface area contributed by atoms with Crippen molar-refractivity contribution >= 4 is 53.9 Å². The Morgan fingerprint density at radius 3 is 1.68 bits per heavy atom. The van der Waals surface area contributed by atoms with E-state index >= 15 is 0 Å². The zero-order valence-electron chi connectivity index (χ0n) is 29.8. The van der Waals surface area contributed by atoms with Crippen molar-refractivity contribution in [2.75, 3.05) is 0 Å². The first-order valence-electron chi connectivity index (χ1n) is 18.7. The monoisotopic (exact) mass is 672 g/mol. The molecule has 0 atom stereocenters. The third-order valence-electron chi connectivity index (χ3n) is 12.0. The van der Waals surface area contributed by atoms with Crippen LogP contribution in [0.15, 0.2) is 182 Å². The van der Waals surface area contributed by atoms with Gasteiger partial charge in [-0.15, -0.1) is 0 Å². The summed E-state index contributed by atoms with van der Waals surface area (Å²) < 4.78 is 0. The highest BCUT2D eigenvalue weighted by Crippen LogP contribution is 2.52. The highest BCUT2D eigenvalue weighted by atomic mass is 14.4. The minimum atomic E-state index is -0.0428. The summed E-state index contributed by atoms with van der Waals surface area (Å²) in [4.78, 5) is 0. The molecule has 10 aromatic rings. The summed E-state index contributed by atoms with van der Waals surface area (Å²) in [6.07, 6.45) is 0. The number of hydrogen-bond acceptors (Lipinski definition) is 0. The van der Waals surface area contributed by atoms with Crippen molar-refractivity contribution in [2.45, 2.75) is 19.3 Å². The predicted octanol–water partition coefficient (Wildman–Crippen LogP) is 14.8. The van der Waals surface area contributed by atoms with Crippen LogP contribution in [-0.2, 0) is 5.41 Å². The van der Waals surface area contributed by atoms with Gasteiger partial charge in [0.15, 0.2) is 0 Å². The van der Waals surface area contributed by atoms with Crippen molar-refractivity contribution in [3.05, 3.63) is 193 Å². The maximum absolute atomic E-state index is 2.47. The molecule has 248 valence electrons. The van der Waals surface area contributed by atoms with Crippen LogP contribution < -0.4 is 0 Å². The van der Waals surface area contributed by atoms with E-state index < -0.39 is 0 Å². The Labute approximate surface area is 309 Å². The summed E-state index contributed by atoms with van der Waals surface area (Å²) in [5.74, 6) is 0. The van der Waals surface area contributed by atoms with Gasteiger partial charge in [0.2, 0.25) is 0 Å². The van der Waals surface area contributed by atoms with E-state index in [1.807, 2.05) is 0 Å². The van der Waals surface area contributed by atoms with E-state index in [-0.39, 0.29) is 5.41 Å². The summed E-state index contributed by atoms with van der Waals surface area (Å²) in [6, 6.07) is 68.1. The minimum absolute atomic E-state index is 0.0428. The molecule has 1 aliphatic rings. The van der Waals surface area contributed by atoms with E-state index in [2.05, 4.69) is 196 Å². The summed E-state index contributed by atoms with van der Waals surface area (Å²) in [5, 5.41) is 12.7. The fourth-order valence-electron chi connectivity index (χ4n) is 9.46. The van der Waals surface area contributed by atoms with Crippen LogP contribution in [0.3, 0.4) is 0 Å². The summed E-state index contributed by atoms with van der Waals surface area (Å²) in [5.41, 5.74) is 13.0. The zero-order valence-corrected chi connectivity index (χ0v) is 29.8. The number of rotatable bonds is 3. The number of benzene rings is 10. The molecule has 0 aliphatic heterocycles. The second-order valence-electron chi connectivity index (χ2n) is 15.2.